The van der Waals surface area contributed by atoms with Crippen LogP contribution in [0, 0.1) is 10.1 Å². The van der Waals surface area contributed by atoms with Crippen molar-refractivity contribution in [1.29, 1.82) is 0 Å². The zero-order valence-electron chi connectivity index (χ0n) is 10.5. The van der Waals surface area contributed by atoms with Crippen molar-refractivity contribution < 1.29 is 9.66 Å². The summed E-state index contributed by atoms with van der Waals surface area (Å²) in [6, 6.07) is 6.45. The lowest BCUT2D eigenvalue weighted by molar-refractivity contribution is -0.384. The molecule has 1 atom stereocenters. The Hall–Kier alpha value is -1.88. The molecule has 0 heterocycles. The van der Waals surface area contributed by atoms with Crippen molar-refractivity contribution >= 4 is 5.69 Å². The van der Waals surface area contributed by atoms with E-state index in [4.69, 9.17) is 4.74 Å². The van der Waals surface area contributed by atoms with Crippen molar-refractivity contribution in [2.75, 3.05) is 13.2 Å². The fourth-order valence-corrected chi connectivity index (χ4v) is 1.47. The summed E-state index contributed by atoms with van der Waals surface area (Å²) in [5.41, 5.74) is 0.0695. The highest BCUT2D eigenvalue weighted by Crippen LogP contribution is 2.16. The van der Waals surface area contributed by atoms with Crippen LogP contribution >= 0.6 is 0 Å². The van der Waals surface area contributed by atoms with Gasteiger partial charge >= 0.3 is 0 Å². The standard InChI is InChI=1S/C13H18N2O3/c1-3-4-11(2)14-9-10-18-13-7-5-12(6-8-13)15(16)17/h3,5-8,11,14H,1,4,9-10H2,2H3. The van der Waals surface area contributed by atoms with Crippen LogP contribution in [0.4, 0.5) is 5.69 Å². The van der Waals surface area contributed by atoms with Gasteiger partial charge in [0.15, 0.2) is 0 Å². The maximum atomic E-state index is 10.5. The van der Waals surface area contributed by atoms with Gasteiger partial charge in [0.05, 0.1) is 4.92 Å². The minimum absolute atomic E-state index is 0.0695. The molecule has 0 spiro atoms. The molecule has 5 heteroatoms. The van der Waals surface area contributed by atoms with Gasteiger partial charge in [-0.15, -0.1) is 6.58 Å². The SMILES string of the molecule is C=CCC(C)NCCOc1ccc([N+](=O)[O-])cc1. The molecule has 98 valence electrons. The maximum absolute atomic E-state index is 10.5. The van der Waals surface area contributed by atoms with Crippen molar-refractivity contribution in [3.05, 3.63) is 47.0 Å². The van der Waals surface area contributed by atoms with Crippen LogP contribution in [-0.4, -0.2) is 24.1 Å². The van der Waals surface area contributed by atoms with Crippen LogP contribution in [0.5, 0.6) is 5.75 Å². The second kappa shape index (κ2) is 7.45. The summed E-state index contributed by atoms with van der Waals surface area (Å²) in [5, 5.41) is 13.7. The topological polar surface area (TPSA) is 64.4 Å². The van der Waals surface area contributed by atoms with Gasteiger partial charge in [-0.1, -0.05) is 6.08 Å². The zero-order chi connectivity index (χ0) is 13.4. The first kappa shape index (κ1) is 14.2. The number of nitrogens with one attached hydrogen (secondary N) is 1. The largest absolute Gasteiger partial charge is 0.492 e. The van der Waals surface area contributed by atoms with Gasteiger partial charge in [0.2, 0.25) is 0 Å². The summed E-state index contributed by atoms with van der Waals surface area (Å²) in [6.45, 7) is 7.00. The Labute approximate surface area is 107 Å². The number of benzene rings is 1. The smallest absolute Gasteiger partial charge is 0.269 e. The van der Waals surface area contributed by atoms with Crippen LogP contribution in [0.1, 0.15) is 13.3 Å². The monoisotopic (exact) mass is 250 g/mol. The van der Waals surface area contributed by atoms with E-state index in [0.717, 1.165) is 13.0 Å². The average Bonchev–Trinajstić information content (AvgIpc) is 2.35. The molecular weight excluding hydrogens is 232 g/mol. The Bertz CT molecular complexity index is 390. The highest BCUT2D eigenvalue weighted by atomic mass is 16.6. The second-order valence-corrected chi connectivity index (χ2v) is 3.98. The Morgan fingerprint density at radius 1 is 1.50 bits per heavy atom. The lowest BCUT2D eigenvalue weighted by atomic mass is 10.2. The predicted octanol–water partition coefficient (Wildman–Crippen LogP) is 2.53. The summed E-state index contributed by atoms with van der Waals surface area (Å²) in [7, 11) is 0. The number of hydrogen-bond donors (Lipinski definition) is 1. The Kier molecular flexibility index (Phi) is 5.87. The van der Waals surface area contributed by atoms with E-state index in [1.807, 2.05) is 6.08 Å². The van der Waals surface area contributed by atoms with Crippen molar-refractivity contribution in [2.45, 2.75) is 19.4 Å². The first-order valence-electron chi connectivity index (χ1n) is 5.85. The molecule has 0 aromatic heterocycles. The van der Waals surface area contributed by atoms with Gasteiger partial charge in [-0.25, -0.2) is 0 Å². The van der Waals surface area contributed by atoms with E-state index in [1.165, 1.54) is 12.1 Å². The Morgan fingerprint density at radius 3 is 2.72 bits per heavy atom. The first-order chi connectivity index (χ1) is 8.63. The fourth-order valence-electron chi connectivity index (χ4n) is 1.47. The van der Waals surface area contributed by atoms with Crippen molar-refractivity contribution in [3.8, 4) is 5.75 Å². The third-order valence-corrected chi connectivity index (χ3v) is 2.43. The van der Waals surface area contributed by atoms with Gasteiger partial charge in [0.25, 0.3) is 5.69 Å². The van der Waals surface area contributed by atoms with E-state index in [-0.39, 0.29) is 5.69 Å². The van der Waals surface area contributed by atoms with Crippen LogP contribution in [0.3, 0.4) is 0 Å². The summed E-state index contributed by atoms with van der Waals surface area (Å²) >= 11 is 0. The molecule has 5 nitrogen and oxygen atoms in total. The molecule has 0 bridgehead atoms. The lowest BCUT2D eigenvalue weighted by Crippen LogP contribution is -2.29. The normalized spacial score (nSPS) is 11.8. The van der Waals surface area contributed by atoms with Gasteiger partial charge < -0.3 is 10.1 Å². The molecule has 0 aliphatic heterocycles. The van der Waals surface area contributed by atoms with Gasteiger partial charge in [-0.2, -0.15) is 0 Å². The number of rotatable bonds is 8. The third-order valence-electron chi connectivity index (χ3n) is 2.43. The highest BCUT2D eigenvalue weighted by molar-refractivity contribution is 5.35. The number of hydrogen-bond acceptors (Lipinski definition) is 4. The summed E-state index contributed by atoms with van der Waals surface area (Å²) in [5.74, 6) is 0.638. The Balaban J connectivity index is 2.27. The van der Waals surface area contributed by atoms with Crippen LogP contribution in [0.2, 0.25) is 0 Å². The van der Waals surface area contributed by atoms with E-state index >= 15 is 0 Å². The van der Waals surface area contributed by atoms with Crippen molar-refractivity contribution in [1.82, 2.24) is 5.32 Å². The minimum atomic E-state index is -0.428. The molecule has 0 radical (unpaired) electrons. The molecular formula is C13H18N2O3. The molecule has 0 saturated heterocycles. The van der Waals surface area contributed by atoms with Crippen LogP contribution in [0.25, 0.3) is 0 Å². The van der Waals surface area contributed by atoms with Gasteiger partial charge in [0.1, 0.15) is 12.4 Å². The number of nitro groups is 1. The average molecular weight is 250 g/mol. The summed E-state index contributed by atoms with van der Waals surface area (Å²) in [4.78, 5) is 10.0. The van der Waals surface area contributed by atoms with Crippen LogP contribution in [0.15, 0.2) is 36.9 Å². The number of nitrogens with zero attached hydrogens (tertiary/aromatic N) is 1. The highest BCUT2D eigenvalue weighted by Gasteiger charge is 2.04. The van der Waals surface area contributed by atoms with Gasteiger partial charge in [-0.05, 0) is 25.5 Å². The summed E-state index contributed by atoms with van der Waals surface area (Å²) in [6.07, 6.45) is 2.78. The quantitative estimate of drug-likeness (QED) is 0.333. The van der Waals surface area contributed by atoms with E-state index < -0.39 is 4.92 Å². The number of nitro benzene ring substituents is 1. The fraction of sp³-hybridized carbons (Fsp3) is 0.385. The van der Waals surface area contributed by atoms with E-state index in [0.29, 0.717) is 18.4 Å². The molecule has 0 amide bonds. The molecule has 0 aliphatic carbocycles. The maximum Gasteiger partial charge on any atom is 0.269 e. The molecule has 0 saturated carbocycles. The molecule has 1 rings (SSSR count). The molecule has 1 aromatic rings. The molecule has 0 aliphatic rings. The van der Waals surface area contributed by atoms with Crippen LogP contribution in [-0.2, 0) is 0 Å². The minimum Gasteiger partial charge on any atom is -0.492 e. The number of non-ortho nitro benzene ring substituents is 1. The molecule has 1 unspecified atom stereocenters. The van der Waals surface area contributed by atoms with Crippen LogP contribution < -0.4 is 10.1 Å². The molecule has 1 aromatic carbocycles. The van der Waals surface area contributed by atoms with E-state index in [2.05, 4.69) is 18.8 Å². The molecule has 1 N–H and O–H groups in total. The Morgan fingerprint density at radius 2 is 2.17 bits per heavy atom. The van der Waals surface area contributed by atoms with Crippen molar-refractivity contribution in [2.24, 2.45) is 0 Å². The zero-order valence-corrected chi connectivity index (χ0v) is 10.5. The van der Waals surface area contributed by atoms with Gasteiger partial charge in [0, 0.05) is 24.7 Å². The number of ether oxygens (including phenoxy) is 1. The predicted molar refractivity (Wildman–Crippen MR) is 70.9 cm³/mol. The lowest BCUT2D eigenvalue weighted by Gasteiger charge is -2.12. The summed E-state index contributed by atoms with van der Waals surface area (Å²) < 4.78 is 5.46. The first-order valence-corrected chi connectivity index (χ1v) is 5.85. The molecule has 0 fully saturated rings. The van der Waals surface area contributed by atoms with E-state index in [1.54, 1.807) is 12.1 Å². The van der Waals surface area contributed by atoms with E-state index in [9.17, 15) is 10.1 Å². The molecule has 18 heavy (non-hydrogen) atoms. The second-order valence-electron chi connectivity index (χ2n) is 3.98. The van der Waals surface area contributed by atoms with Gasteiger partial charge in [-0.3, -0.25) is 10.1 Å². The third kappa shape index (κ3) is 4.97. The van der Waals surface area contributed by atoms with Crippen molar-refractivity contribution in [3.63, 3.8) is 0 Å².